The van der Waals surface area contributed by atoms with Gasteiger partial charge in [-0.25, -0.2) is 0 Å². The number of anilines is 1. The average molecular weight is 236 g/mol. The highest BCUT2D eigenvalue weighted by Crippen LogP contribution is 2.12. The molecule has 17 heavy (non-hydrogen) atoms. The number of likely N-dealkylation sites (N-methyl/N-ethyl adjacent to an activating group) is 1. The van der Waals surface area contributed by atoms with Crippen LogP contribution in [-0.4, -0.2) is 49.5 Å². The summed E-state index contributed by atoms with van der Waals surface area (Å²) in [6.07, 6.45) is 3.23. The van der Waals surface area contributed by atoms with Crippen LogP contribution in [-0.2, 0) is 0 Å². The Kier molecular flexibility index (Phi) is 4.90. The zero-order chi connectivity index (χ0) is 12.8. The van der Waals surface area contributed by atoms with Crippen LogP contribution in [0.25, 0.3) is 0 Å². The molecule has 94 valence electrons. The van der Waals surface area contributed by atoms with E-state index in [1.807, 2.05) is 25.9 Å². The van der Waals surface area contributed by atoms with Crippen molar-refractivity contribution in [3.8, 4) is 0 Å². The topological polar surface area (TPSA) is 57.3 Å². The maximum atomic E-state index is 12.0. The van der Waals surface area contributed by atoms with E-state index in [1.54, 1.807) is 25.5 Å². The average Bonchev–Trinajstić information content (AvgIpc) is 2.27. The fourth-order valence-electron chi connectivity index (χ4n) is 1.69. The minimum atomic E-state index is -0.100. The van der Waals surface area contributed by atoms with Gasteiger partial charge >= 0.3 is 0 Å². The second kappa shape index (κ2) is 6.20. The predicted molar refractivity (Wildman–Crippen MR) is 69.3 cm³/mol. The first-order chi connectivity index (χ1) is 8.04. The van der Waals surface area contributed by atoms with Gasteiger partial charge in [-0.2, -0.15) is 0 Å². The first-order valence-electron chi connectivity index (χ1n) is 5.62. The molecule has 0 saturated heterocycles. The van der Waals surface area contributed by atoms with Crippen molar-refractivity contribution in [3.63, 3.8) is 0 Å². The molecule has 5 heteroatoms. The Labute approximate surface area is 102 Å². The summed E-state index contributed by atoms with van der Waals surface area (Å²) in [7, 11) is 5.74. The molecule has 0 saturated carbocycles. The lowest BCUT2D eigenvalue weighted by Crippen LogP contribution is -2.39. The zero-order valence-electron chi connectivity index (χ0n) is 10.8. The van der Waals surface area contributed by atoms with Gasteiger partial charge in [-0.15, -0.1) is 0 Å². The van der Waals surface area contributed by atoms with Gasteiger partial charge in [0.05, 0.1) is 5.56 Å². The molecule has 1 amide bonds. The van der Waals surface area contributed by atoms with Crippen molar-refractivity contribution in [1.29, 1.82) is 0 Å². The maximum Gasteiger partial charge on any atom is 0.255 e. The van der Waals surface area contributed by atoms with E-state index in [-0.39, 0.29) is 11.9 Å². The minimum absolute atomic E-state index is 0.0995. The summed E-state index contributed by atoms with van der Waals surface area (Å²) in [5, 5.41) is 5.92. The van der Waals surface area contributed by atoms with Crippen molar-refractivity contribution in [1.82, 2.24) is 15.2 Å². The van der Waals surface area contributed by atoms with E-state index in [9.17, 15) is 4.79 Å². The Morgan fingerprint density at radius 1 is 1.53 bits per heavy atom. The van der Waals surface area contributed by atoms with Crippen molar-refractivity contribution in [2.75, 3.05) is 33.0 Å². The number of rotatable bonds is 5. The largest absolute Gasteiger partial charge is 0.387 e. The van der Waals surface area contributed by atoms with Crippen LogP contribution >= 0.6 is 0 Å². The highest BCUT2D eigenvalue weighted by atomic mass is 16.1. The Balaban J connectivity index is 2.69. The highest BCUT2D eigenvalue weighted by molar-refractivity contribution is 5.99. The Bertz CT molecular complexity index is 379. The number of hydrogen-bond acceptors (Lipinski definition) is 4. The molecule has 1 unspecified atom stereocenters. The molecular weight excluding hydrogens is 216 g/mol. The van der Waals surface area contributed by atoms with E-state index in [4.69, 9.17) is 0 Å². The van der Waals surface area contributed by atoms with Crippen molar-refractivity contribution in [2.24, 2.45) is 0 Å². The number of nitrogens with zero attached hydrogens (tertiary/aromatic N) is 2. The highest BCUT2D eigenvalue weighted by Gasteiger charge is 2.13. The molecule has 5 nitrogen and oxygen atoms in total. The fraction of sp³-hybridized carbons (Fsp3) is 0.500. The summed E-state index contributed by atoms with van der Waals surface area (Å²) < 4.78 is 0. The number of hydrogen-bond donors (Lipinski definition) is 2. The van der Waals surface area contributed by atoms with E-state index in [0.717, 1.165) is 12.2 Å². The second-order valence-electron chi connectivity index (χ2n) is 4.31. The summed E-state index contributed by atoms with van der Waals surface area (Å²) in [6, 6.07) is 1.88. The molecule has 0 radical (unpaired) electrons. The lowest BCUT2D eigenvalue weighted by Gasteiger charge is -2.18. The molecule has 0 fully saturated rings. The van der Waals surface area contributed by atoms with Crippen LogP contribution in [0.5, 0.6) is 0 Å². The molecule has 2 N–H and O–H groups in total. The minimum Gasteiger partial charge on any atom is -0.387 e. The van der Waals surface area contributed by atoms with E-state index in [0.29, 0.717) is 5.56 Å². The summed E-state index contributed by atoms with van der Waals surface area (Å²) >= 11 is 0. The molecule has 1 aromatic rings. The molecule has 0 aromatic carbocycles. The van der Waals surface area contributed by atoms with Crippen molar-refractivity contribution < 1.29 is 4.79 Å². The quantitative estimate of drug-likeness (QED) is 0.794. The van der Waals surface area contributed by atoms with Crippen molar-refractivity contribution >= 4 is 11.6 Å². The van der Waals surface area contributed by atoms with E-state index in [1.165, 1.54) is 0 Å². The third-order valence-electron chi connectivity index (χ3n) is 2.35. The molecule has 1 rings (SSSR count). The van der Waals surface area contributed by atoms with E-state index in [2.05, 4.69) is 15.6 Å². The fourth-order valence-corrected chi connectivity index (χ4v) is 1.69. The predicted octanol–water partition coefficient (Wildman–Crippen LogP) is 0.803. The number of nitrogens with one attached hydrogen (secondary N) is 2. The smallest absolute Gasteiger partial charge is 0.255 e. The van der Waals surface area contributed by atoms with Crippen LogP contribution in [0.15, 0.2) is 18.5 Å². The molecule has 0 aliphatic heterocycles. The van der Waals surface area contributed by atoms with Gasteiger partial charge in [0, 0.05) is 37.7 Å². The number of aromatic nitrogens is 1. The Morgan fingerprint density at radius 3 is 2.82 bits per heavy atom. The van der Waals surface area contributed by atoms with Gasteiger partial charge in [0.15, 0.2) is 0 Å². The van der Waals surface area contributed by atoms with Gasteiger partial charge in [0.25, 0.3) is 5.91 Å². The molecule has 0 spiro atoms. The number of carbonyl (C=O) groups excluding carboxylic acids is 1. The monoisotopic (exact) mass is 236 g/mol. The SMILES string of the molecule is CNc1ccncc1C(=O)NC(C)CN(C)C. The molecule has 1 heterocycles. The van der Waals surface area contributed by atoms with E-state index < -0.39 is 0 Å². The lowest BCUT2D eigenvalue weighted by atomic mass is 10.2. The van der Waals surface area contributed by atoms with Gasteiger partial charge < -0.3 is 15.5 Å². The van der Waals surface area contributed by atoms with Crippen LogP contribution in [0.3, 0.4) is 0 Å². The second-order valence-corrected chi connectivity index (χ2v) is 4.31. The summed E-state index contributed by atoms with van der Waals surface area (Å²) in [5.74, 6) is -0.100. The normalized spacial score (nSPS) is 12.3. The van der Waals surface area contributed by atoms with Crippen LogP contribution in [0.2, 0.25) is 0 Å². The van der Waals surface area contributed by atoms with Crippen LogP contribution in [0, 0.1) is 0 Å². The molecule has 1 atom stereocenters. The Hall–Kier alpha value is -1.62. The first kappa shape index (κ1) is 13.4. The number of carbonyl (C=O) groups is 1. The Morgan fingerprint density at radius 2 is 2.24 bits per heavy atom. The summed E-state index contributed by atoms with van der Waals surface area (Å²) in [5.41, 5.74) is 1.36. The van der Waals surface area contributed by atoms with Gasteiger partial charge in [0.2, 0.25) is 0 Å². The van der Waals surface area contributed by atoms with Gasteiger partial charge in [0.1, 0.15) is 0 Å². The number of amides is 1. The third-order valence-corrected chi connectivity index (χ3v) is 2.35. The summed E-state index contributed by atoms with van der Waals surface area (Å²) in [6.45, 7) is 2.79. The maximum absolute atomic E-state index is 12.0. The zero-order valence-corrected chi connectivity index (χ0v) is 10.8. The van der Waals surface area contributed by atoms with Crippen molar-refractivity contribution in [2.45, 2.75) is 13.0 Å². The molecular formula is C12H20N4O. The third kappa shape index (κ3) is 4.03. The van der Waals surface area contributed by atoms with Gasteiger partial charge in [-0.05, 0) is 27.1 Å². The van der Waals surface area contributed by atoms with Crippen LogP contribution < -0.4 is 10.6 Å². The number of pyridine rings is 1. The van der Waals surface area contributed by atoms with E-state index >= 15 is 0 Å². The molecule has 0 bridgehead atoms. The van der Waals surface area contributed by atoms with Crippen LogP contribution in [0.1, 0.15) is 17.3 Å². The first-order valence-corrected chi connectivity index (χ1v) is 5.62. The van der Waals surface area contributed by atoms with Gasteiger partial charge in [-0.1, -0.05) is 0 Å². The van der Waals surface area contributed by atoms with Crippen LogP contribution in [0.4, 0.5) is 5.69 Å². The standard InChI is InChI=1S/C12H20N4O/c1-9(8-16(3)4)15-12(17)10-7-14-6-5-11(10)13-2/h5-7,9H,8H2,1-4H3,(H,13,14)(H,15,17). The molecule has 0 aliphatic carbocycles. The summed E-state index contributed by atoms with van der Waals surface area (Å²) in [4.78, 5) is 18.0. The molecule has 0 aliphatic rings. The van der Waals surface area contributed by atoms with Gasteiger partial charge in [-0.3, -0.25) is 9.78 Å². The molecule has 1 aromatic heterocycles. The van der Waals surface area contributed by atoms with Crippen molar-refractivity contribution in [3.05, 3.63) is 24.0 Å². The lowest BCUT2D eigenvalue weighted by molar-refractivity contribution is 0.0935.